The largest absolute Gasteiger partial charge is 0.379 e. The highest BCUT2D eigenvalue weighted by Crippen LogP contribution is 2.42. The molecule has 2 bridgehead atoms. The standard InChI is InChI=1S/C46H70N4O6/c1-10-30(4)43(49(7)46(54)36(29(2)3)27-40(52)44-33-20-21-35(25-33)48(44)6)41(55-8)28-42(53)50-23-15-19-38(50)45(56-9)31(5)39(51)26-34(37-18-14-22-47-37)24-32-16-12-11-13-17-32/h11-14,16-18,29-31,33-36,38,41,43-45H,10,15,19-28H2,1-9H3/t30-,31-,33-,34+,35+,36-,38-,41+,43-,44-,45+/m0/s1. The summed E-state index contributed by atoms with van der Waals surface area (Å²) in [6.07, 6.45) is 10.2. The van der Waals surface area contributed by atoms with Gasteiger partial charge in [0, 0.05) is 70.2 Å². The van der Waals surface area contributed by atoms with Crippen molar-refractivity contribution in [3.05, 3.63) is 48.0 Å². The number of ether oxygens (including phenoxy) is 2. The van der Waals surface area contributed by atoms with E-state index in [9.17, 15) is 19.2 Å². The number of hydrogen-bond donors (Lipinski definition) is 0. The van der Waals surface area contributed by atoms with Gasteiger partial charge in [-0.25, -0.2) is 0 Å². The van der Waals surface area contributed by atoms with E-state index in [-0.39, 0.29) is 72.1 Å². The second kappa shape index (κ2) is 20.0. The van der Waals surface area contributed by atoms with Gasteiger partial charge in [-0.05, 0) is 75.0 Å². The molecule has 0 unspecified atom stereocenters. The number of carbonyl (C=O) groups is 4. The highest BCUT2D eigenvalue weighted by Gasteiger charge is 2.48. The fourth-order valence-electron chi connectivity index (χ4n) is 10.5. The van der Waals surface area contributed by atoms with E-state index in [4.69, 9.17) is 9.47 Å². The van der Waals surface area contributed by atoms with Gasteiger partial charge >= 0.3 is 0 Å². The molecular formula is C46H70N4O6. The molecule has 2 amide bonds. The number of piperidine rings is 1. The maximum absolute atomic E-state index is 14.4. The molecule has 56 heavy (non-hydrogen) atoms. The van der Waals surface area contributed by atoms with Crippen molar-refractivity contribution in [1.82, 2.24) is 14.7 Å². The van der Waals surface area contributed by atoms with Crippen LogP contribution >= 0.6 is 0 Å². The number of Topliss-reactive ketones (excluding diaryl/α,β-unsaturated/α-hetero) is 2. The highest BCUT2D eigenvalue weighted by molar-refractivity contribution is 6.01. The third kappa shape index (κ3) is 9.90. The van der Waals surface area contributed by atoms with Gasteiger partial charge in [0.2, 0.25) is 11.8 Å². The van der Waals surface area contributed by atoms with Crippen molar-refractivity contribution >= 4 is 29.1 Å². The summed E-state index contributed by atoms with van der Waals surface area (Å²) < 4.78 is 12.2. The third-order valence-corrected chi connectivity index (χ3v) is 14.0. The van der Waals surface area contributed by atoms with Gasteiger partial charge in [0.15, 0.2) is 5.78 Å². The molecule has 1 aliphatic carbocycles. The summed E-state index contributed by atoms with van der Waals surface area (Å²) >= 11 is 0. The number of amides is 2. The second-order valence-corrected chi connectivity index (χ2v) is 17.7. The Hall–Kier alpha value is -3.21. The highest BCUT2D eigenvalue weighted by atomic mass is 16.5. The molecule has 4 aliphatic rings. The van der Waals surface area contributed by atoms with E-state index in [0.29, 0.717) is 31.5 Å². The Morgan fingerprint density at radius 3 is 2.29 bits per heavy atom. The van der Waals surface area contributed by atoms with Crippen molar-refractivity contribution in [2.45, 2.75) is 135 Å². The van der Waals surface area contributed by atoms with Gasteiger partial charge < -0.3 is 19.3 Å². The van der Waals surface area contributed by atoms with Crippen molar-refractivity contribution in [1.29, 1.82) is 0 Å². The van der Waals surface area contributed by atoms with Crippen molar-refractivity contribution in [2.24, 2.45) is 40.5 Å². The monoisotopic (exact) mass is 775 g/mol. The molecular weight excluding hydrogens is 705 g/mol. The molecule has 10 nitrogen and oxygen atoms in total. The molecule has 11 atom stereocenters. The number of methoxy groups -OCH3 is 2. The maximum atomic E-state index is 14.4. The Morgan fingerprint density at radius 1 is 0.964 bits per heavy atom. The predicted molar refractivity (Wildman–Crippen MR) is 221 cm³/mol. The Morgan fingerprint density at radius 2 is 1.70 bits per heavy atom. The lowest BCUT2D eigenvalue weighted by molar-refractivity contribution is -0.149. The molecule has 0 radical (unpaired) electrons. The smallest absolute Gasteiger partial charge is 0.226 e. The number of fused-ring (bicyclic) bond motifs is 2. The zero-order valence-electron chi connectivity index (χ0n) is 35.7. The van der Waals surface area contributed by atoms with E-state index in [2.05, 4.69) is 42.9 Å². The number of ketones is 2. The number of allylic oxidation sites excluding steroid dienone is 1. The van der Waals surface area contributed by atoms with E-state index in [1.54, 1.807) is 19.1 Å². The first-order valence-electron chi connectivity index (χ1n) is 21.4. The molecule has 3 aliphatic heterocycles. The maximum Gasteiger partial charge on any atom is 0.226 e. The second-order valence-electron chi connectivity index (χ2n) is 17.7. The van der Waals surface area contributed by atoms with Gasteiger partial charge in [-0.1, -0.05) is 77.4 Å². The first kappa shape index (κ1) is 43.9. The number of likely N-dealkylation sites (N-methyl/N-ethyl adjacent to an activating group) is 2. The first-order chi connectivity index (χ1) is 26.8. The number of hydrogen-bond acceptors (Lipinski definition) is 8. The van der Waals surface area contributed by atoms with Crippen LogP contribution in [0.25, 0.3) is 0 Å². The Balaban J connectivity index is 1.26. The number of aliphatic imine (C=N–C) groups is 1. The van der Waals surface area contributed by atoms with E-state index >= 15 is 0 Å². The lowest BCUT2D eigenvalue weighted by Gasteiger charge is -2.41. The topological polar surface area (TPSA) is 109 Å². The van der Waals surface area contributed by atoms with Crippen LogP contribution in [-0.4, -0.2) is 122 Å². The van der Waals surface area contributed by atoms with E-state index in [1.165, 1.54) is 5.56 Å². The van der Waals surface area contributed by atoms with Crippen LogP contribution < -0.4 is 0 Å². The molecule has 5 rings (SSSR count). The number of carbonyl (C=O) groups excluding carboxylic acids is 4. The van der Waals surface area contributed by atoms with Crippen LogP contribution in [0.4, 0.5) is 0 Å². The van der Waals surface area contributed by atoms with Crippen LogP contribution in [0.3, 0.4) is 0 Å². The zero-order valence-corrected chi connectivity index (χ0v) is 35.7. The molecule has 1 aromatic rings. The fourth-order valence-corrected chi connectivity index (χ4v) is 10.5. The van der Waals surface area contributed by atoms with Crippen LogP contribution in [0.5, 0.6) is 0 Å². The summed E-state index contributed by atoms with van der Waals surface area (Å²) in [5.41, 5.74) is 2.13. The summed E-state index contributed by atoms with van der Waals surface area (Å²) in [6.45, 7) is 11.4. The minimum Gasteiger partial charge on any atom is -0.379 e. The molecule has 310 valence electrons. The number of nitrogens with zero attached hydrogens (tertiary/aromatic N) is 4. The van der Waals surface area contributed by atoms with Gasteiger partial charge in [0.05, 0.1) is 43.3 Å². The average molecular weight is 775 g/mol. The van der Waals surface area contributed by atoms with Gasteiger partial charge in [-0.2, -0.15) is 0 Å². The van der Waals surface area contributed by atoms with E-state index in [0.717, 1.165) is 50.7 Å². The summed E-state index contributed by atoms with van der Waals surface area (Å²) in [5, 5.41) is 0. The normalized spacial score (nSPS) is 25.8. The van der Waals surface area contributed by atoms with Crippen molar-refractivity contribution in [3.8, 4) is 0 Å². The van der Waals surface area contributed by atoms with Crippen LogP contribution in [0.2, 0.25) is 0 Å². The van der Waals surface area contributed by atoms with Crippen LogP contribution in [0, 0.1) is 35.5 Å². The summed E-state index contributed by atoms with van der Waals surface area (Å²) in [4.78, 5) is 67.2. The molecule has 3 heterocycles. The van der Waals surface area contributed by atoms with Crippen LogP contribution in [-0.2, 0) is 35.1 Å². The predicted octanol–water partition coefficient (Wildman–Crippen LogP) is 6.45. The average Bonchev–Trinajstić information content (AvgIpc) is 4.03. The van der Waals surface area contributed by atoms with Crippen LogP contribution in [0.15, 0.2) is 47.5 Å². The molecule has 3 fully saturated rings. The Labute approximate surface area is 336 Å². The van der Waals surface area contributed by atoms with Gasteiger partial charge in [-0.15, -0.1) is 0 Å². The Kier molecular flexibility index (Phi) is 15.7. The van der Waals surface area contributed by atoms with Gasteiger partial charge in [0.1, 0.15) is 5.78 Å². The lowest BCUT2D eigenvalue weighted by atomic mass is 9.83. The SMILES string of the molecule is CC[C@H](C)[C@@H]([C@@H](CC(=O)N1CCC[C@H]1[C@H](OC)[C@@H](C)C(=O)C[C@@H](Cc1ccccc1)C1=NCC=C1)OC)N(C)C(=O)[C@@H](CC(=O)[C@@H]1[C@H]2CC[C@H](C2)N1C)C(C)C. The molecule has 0 N–H and O–H groups in total. The number of benzene rings is 1. The summed E-state index contributed by atoms with van der Waals surface area (Å²) in [5.74, 6) is -0.320. The fraction of sp³-hybridized carbons (Fsp3) is 0.717. The van der Waals surface area contributed by atoms with Crippen LogP contribution in [0.1, 0.15) is 98.0 Å². The Bertz CT molecular complexity index is 1560. The van der Waals surface area contributed by atoms with Gasteiger partial charge in [0.25, 0.3) is 0 Å². The van der Waals surface area contributed by atoms with E-state index < -0.39 is 24.0 Å². The quantitative estimate of drug-likeness (QED) is 0.141. The third-order valence-electron chi connectivity index (χ3n) is 14.0. The van der Waals surface area contributed by atoms with Crippen molar-refractivity contribution in [3.63, 3.8) is 0 Å². The van der Waals surface area contributed by atoms with Gasteiger partial charge in [-0.3, -0.25) is 29.1 Å². The van der Waals surface area contributed by atoms with Crippen molar-refractivity contribution < 1.29 is 28.7 Å². The minimum absolute atomic E-state index is 0.0183. The lowest BCUT2D eigenvalue weighted by Crippen LogP contribution is -2.54. The molecule has 2 saturated heterocycles. The summed E-state index contributed by atoms with van der Waals surface area (Å²) in [6, 6.07) is 10.00. The molecule has 1 saturated carbocycles. The number of likely N-dealkylation sites (tertiary alicyclic amines) is 2. The number of rotatable bonds is 21. The zero-order chi connectivity index (χ0) is 40.7. The van der Waals surface area contributed by atoms with Crippen molar-refractivity contribution in [2.75, 3.05) is 41.4 Å². The molecule has 10 heteroatoms. The van der Waals surface area contributed by atoms with E-state index in [1.807, 2.05) is 63.1 Å². The molecule has 1 aromatic carbocycles. The molecule has 0 spiro atoms. The molecule has 0 aromatic heterocycles. The minimum atomic E-state index is -0.549. The summed E-state index contributed by atoms with van der Waals surface area (Å²) in [7, 11) is 7.15. The first-order valence-corrected chi connectivity index (χ1v) is 21.4.